The fraction of sp³-hybridized carbons (Fsp3) is 0.750. The highest BCUT2D eigenvalue weighted by atomic mass is 32.1. The number of aromatic nitrogens is 2. The summed E-state index contributed by atoms with van der Waals surface area (Å²) in [5.74, 6) is 0. The van der Waals surface area contributed by atoms with E-state index in [0.29, 0.717) is 6.61 Å². The van der Waals surface area contributed by atoms with Crippen molar-refractivity contribution in [3.05, 3.63) is 10.6 Å². The first kappa shape index (κ1) is 8.13. The van der Waals surface area contributed by atoms with Crippen molar-refractivity contribution < 1.29 is 5.11 Å². The van der Waals surface area contributed by atoms with Gasteiger partial charge in [0.05, 0.1) is 5.69 Å². The summed E-state index contributed by atoms with van der Waals surface area (Å²) in [6.45, 7) is 2.29. The van der Waals surface area contributed by atoms with Crippen molar-refractivity contribution in [2.75, 3.05) is 6.61 Å². The smallest absolute Gasteiger partial charge is 0.0756 e. The van der Waals surface area contributed by atoms with Gasteiger partial charge in [-0.1, -0.05) is 4.49 Å². The van der Waals surface area contributed by atoms with Gasteiger partial charge in [0, 0.05) is 11.5 Å². The molecule has 0 radical (unpaired) electrons. The van der Waals surface area contributed by atoms with Crippen molar-refractivity contribution >= 4 is 11.5 Å². The van der Waals surface area contributed by atoms with Crippen LogP contribution in [0.15, 0.2) is 0 Å². The molecule has 0 bridgehead atoms. The van der Waals surface area contributed by atoms with Crippen LogP contribution in [-0.2, 0) is 6.42 Å². The Labute approximate surface area is 75.6 Å². The van der Waals surface area contributed by atoms with Crippen LogP contribution in [0.5, 0.6) is 0 Å². The lowest BCUT2D eigenvalue weighted by molar-refractivity contribution is 0.211. The molecule has 0 saturated heterocycles. The van der Waals surface area contributed by atoms with Gasteiger partial charge in [-0.3, -0.25) is 0 Å². The van der Waals surface area contributed by atoms with E-state index in [1.165, 1.54) is 16.4 Å². The zero-order chi connectivity index (χ0) is 8.60. The number of rotatable bonds is 3. The van der Waals surface area contributed by atoms with Crippen molar-refractivity contribution in [3.63, 3.8) is 0 Å². The summed E-state index contributed by atoms with van der Waals surface area (Å²) in [5.41, 5.74) is 1.22. The third kappa shape index (κ3) is 1.36. The van der Waals surface area contributed by atoms with E-state index in [2.05, 4.69) is 9.59 Å². The van der Waals surface area contributed by atoms with Gasteiger partial charge in [-0.2, -0.15) is 0 Å². The van der Waals surface area contributed by atoms with E-state index in [-0.39, 0.29) is 5.41 Å². The molecule has 1 fully saturated rings. The fourth-order valence-electron chi connectivity index (χ4n) is 1.32. The minimum Gasteiger partial charge on any atom is -0.396 e. The molecule has 0 aliphatic heterocycles. The molecule has 0 unspecified atom stereocenters. The van der Waals surface area contributed by atoms with E-state index < -0.39 is 0 Å². The largest absolute Gasteiger partial charge is 0.396 e. The summed E-state index contributed by atoms with van der Waals surface area (Å²) in [7, 11) is 0. The van der Waals surface area contributed by atoms with E-state index in [1.54, 1.807) is 0 Å². The van der Waals surface area contributed by atoms with E-state index in [1.807, 2.05) is 6.92 Å². The molecule has 1 heterocycles. The standard InChI is InChI=1S/C8H12N2OS/c1-6-7(12-10-9-6)4-8(5-11)2-3-8/h11H,2-5H2,1H3. The molecule has 1 N–H and O–H groups in total. The predicted molar refractivity (Wildman–Crippen MR) is 47.1 cm³/mol. The quantitative estimate of drug-likeness (QED) is 0.766. The average Bonchev–Trinajstić information content (AvgIpc) is 2.74. The Hall–Kier alpha value is -0.480. The van der Waals surface area contributed by atoms with Gasteiger partial charge in [-0.25, -0.2) is 0 Å². The lowest BCUT2D eigenvalue weighted by Crippen LogP contribution is -2.09. The molecule has 1 aliphatic rings. The summed E-state index contributed by atoms with van der Waals surface area (Å²) >= 11 is 1.46. The number of aliphatic hydroxyl groups is 1. The molecular formula is C8H12N2OS. The number of hydrogen-bond acceptors (Lipinski definition) is 4. The molecule has 1 aromatic rings. The summed E-state index contributed by atoms with van der Waals surface area (Å²) in [6, 6.07) is 0. The van der Waals surface area contributed by atoms with Crippen LogP contribution in [0.1, 0.15) is 23.4 Å². The second-order valence-corrected chi connectivity index (χ2v) is 4.46. The first-order valence-electron chi connectivity index (χ1n) is 4.14. The van der Waals surface area contributed by atoms with Gasteiger partial charge in [0.2, 0.25) is 0 Å². The molecule has 4 heteroatoms. The van der Waals surface area contributed by atoms with E-state index in [4.69, 9.17) is 5.11 Å². The third-order valence-electron chi connectivity index (χ3n) is 2.57. The molecule has 0 aromatic carbocycles. The lowest BCUT2D eigenvalue weighted by atomic mass is 10.0. The predicted octanol–water partition coefficient (Wildman–Crippen LogP) is 1.16. The minimum atomic E-state index is 0.193. The van der Waals surface area contributed by atoms with Gasteiger partial charge < -0.3 is 5.11 Å². The highest BCUT2D eigenvalue weighted by Gasteiger charge is 2.42. The van der Waals surface area contributed by atoms with E-state index >= 15 is 0 Å². The average molecular weight is 184 g/mol. The van der Waals surface area contributed by atoms with Crippen LogP contribution >= 0.6 is 11.5 Å². The first-order valence-corrected chi connectivity index (χ1v) is 4.92. The van der Waals surface area contributed by atoms with Gasteiger partial charge >= 0.3 is 0 Å². The zero-order valence-electron chi connectivity index (χ0n) is 7.08. The van der Waals surface area contributed by atoms with Crippen LogP contribution in [0.4, 0.5) is 0 Å². The molecular weight excluding hydrogens is 172 g/mol. The Bertz CT molecular complexity index is 280. The summed E-state index contributed by atoms with van der Waals surface area (Å²) in [4.78, 5) is 1.24. The molecule has 1 aliphatic carbocycles. The maximum atomic E-state index is 9.11. The van der Waals surface area contributed by atoms with Gasteiger partial charge in [0.1, 0.15) is 0 Å². The Morgan fingerprint density at radius 2 is 2.33 bits per heavy atom. The van der Waals surface area contributed by atoms with Crippen molar-refractivity contribution in [1.29, 1.82) is 0 Å². The Kier molecular flexibility index (Phi) is 1.88. The first-order chi connectivity index (χ1) is 5.76. The molecule has 0 atom stereocenters. The van der Waals surface area contributed by atoms with Gasteiger partial charge in [0.15, 0.2) is 0 Å². The third-order valence-corrected chi connectivity index (χ3v) is 3.40. The van der Waals surface area contributed by atoms with Crippen molar-refractivity contribution in [1.82, 2.24) is 9.59 Å². The Morgan fingerprint density at radius 1 is 1.58 bits per heavy atom. The number of aryl methyl sites for hydroxylation is 1. The lowest BCUT2D eigenvalue weighted by Gasteiger charge is -2.08. The maximum Gasteiger partial charge on any atom is 0.0756 e. The molecule has 1 aromatic heterocycles. The number of nitrogens with zero attached hydrogens (tertiary/aromatic N) is 2. The van der Waals surface area contributed by atoms with Crippen LogP contribution in [-0.4, -0.2) is 21.3 Å². The second-order valence-electron chi connectivity index (χ2n) is 3.62. The number of aliphatic hydroxyl groups excluding tert-OH is 1. The highest BCUT2D eigenvalue weighted by Crippen LogP contribution is 2.48. The van der Waals surface area contributed by atoms with Gasteiger partial charge in [-0.15, -0.1) is 5.10 Å². The number of hydrogen-bond donors (Lipinski definition) is 1. The van der Waals surface area contributed by atoms with E-state index in [9.17, 15) is 0 Å². The Balaban J connectivity index is 2.08. The van der Waals surface area contributed by atoms with Crippen LogP contribution in [0.25, 0.3) is 0 Å². The summed E-state index contributed by atoms with van der Waals surface area (Å²) in [6.07, 6.45) is 3.27. The van der Waals surface area contributed by atoms with Crippen LogP contribution in [0, 0.1) is 12.3 Å². The van der Waals surface area contributed by atoms with Crippen LogP contribution in [0.3, 0.4) is 0 Å². The Morgan fingerprint density at radius 3 is 2.75 bits per heavy atom. The molecule has 0 spiro atoms. The topological polar surface area (TPSA) is 46.0 Å². The van der Waals surface area contributed by atoms with Crippen LogP contribution in [0.2, 0.25) is 0 Å². The fourth-order valence-corrected chi connectivity index (χ4v) is 2.13. The van der Waals surface area contributed by atoms with Crippen molar-refractivity contribution in [2.45, 2.75) is 26.2 Å². The van der Waals surface area contributed by atoms with Gasteiger partial charge in [-0.05, 0) is 43.1 Å². The molecule has 12 heavy (non-hydrogen) atoms. The molecule has 2 rings (SSSR count). The van der Waals surface area contributed by atoms with Gasteiger partial charge in [0.25, 0.3) is 0 Å². The molecule has 1 saturated carbocycles. The van der Waals surface area contributed by atoms with Crippen molar-refractivity contribution in [3.8, 4) is 0 Å². The normalized spacial score (nSPS) is 19.5. The maximum absolute atomic E-state index is 9.11. The summed E-state index contributed by atoms with van der Waals surface area (Å²) in [5, 5.41) is 13.1. The van der Waals surface area contributed by atoms with E-state index in [0.717, 1.165) is 25.0 Å². The minimum absolute atomic E-state index is 0.193. The zero-order valence-corrected chi connectivity index (χ0v) is 7.89. The second kappa shape index (κ2) is 2.78. The summed E-state index contributed by atoms with van der Waals surface area (Å²) < 4.78 is 3.88. The monoisotopic (exact) mass is 184 g/mol. The molecule has 66 valence electrons. The SMILES string of the molecule is Cc1nnsc1CC1(CO)CC1. The highest BCUT2D eigenvalue weighted by molar-refractivity contribution is 7.05. The molecule has 3 nitrogen and oxygen atoms in total. The van der Waals surface area contributed by atoms with Crippen molar-refractivity contribution in [2.24, 2.45) is 5.41 Å². The van der Waals surface area contributed by atoms with Crippen LogP contribution < -0.4 is 0 Å². The molecule has 0 amide bonds.